The highest BCUT2D eigenvalue weighted by atomic mass is 32.2. The zero-order valence-corrected chi connectivity index (χ0v) is 20.9. The highest BCUT2D eigenvalue weighted by Gasteiger charge is 2.51. The van der Waals surface area contributed by atoms with Crippen molar-refractivity contribution in [3.05, 3.63) is 23.8 Å². The molecule has 11 heteroatoms. The van der Waals surface area contributed by atoms with Gasteiger partial charge in [-0.3, -0.25) is 25.1 Å². The molecule has 4 rings (SSSR count). The smallest absolute Gasteiger partial charge is 0.327 e. The van der Waals surface area contributed by atoms with Gasteiger partial charge in [-0.2, -0.15) is 0 Å². The fraction of sp³-hybridized carbons (Fsp3) is 0.609. The van der Waals surface area contributed by atoms with Gasteiger partial charge in [0.15, 0.2) is 11.5 Å². The van der Waals surface area contributed by atoms with Crippen LogP contribution in [0.3, 0.4) is 0 Å². The number of benzene rings is 1. The van der Waals surface area contributed by atoms with Gasteiger partial charge < -0.3 is 19.3 Å². The van der Waals surface area contributed by atoms with Gasteiger partial charge in [-0.05, 0) is 37.0 Å². The number of rotatable bonds is 6. The van der Waals surface area contributed by atoms with Gasteiger partial charge in [0, 0.05) is 27.2 Å². The predicted octanol–water partition coefficient (Wildman–Crippen LogP) is 1.43. The molecular formula is C23H33N5O5S. The summed E-state index contributed by atoms with van der Waals surface area (Å²) < 4.78 is 10.8. The van der Waals surface area contributed by atoms with Crippen molar-refractivity contribution in [2.24, 2.45) is 5.92 Å². The zero-order valence-electron chi connectivity index (χ0n) is 20.1. The highest BCUT2D eigenvalue weighted by molar-refractivity contribution is 8.00. The standard InChI is InChI=1S/C23H33N5O5S/c1-26-20-18(22(30)27(2)23(26)31)21(34-13-17(29)28-10-6-5-7-11-28)25-19(24-20)14-8-9-15(32-3)16(12-14)33-4/h8-9,12,18-21,24-25H,5-7,10-11,13H2,1-4H3. The van der Waals surface area contributed by atoms with Crippen LogP contribution in [0.1, 0.15) is 31.0 Å². The van der Waals surface area contributed by atoms with Crippen LogP contribution in [0.25, 0.3) is 0 Å². The first-order chi connectivity index (χ1) is 16.3. The molecule has 1 aromatic carbocycles. The highest BCUT2D eigenvalue weighted by Crippen LogP contribution is 2.36. The number of nitrogens with zero attached hydrogens (tertiary/aromatic N) is 3. The number of likely N-dealkylation sites (tertiary alicyclic amines) is 1. The van der Waals surface area contributed by atoms with Crippen LogP contribution in [0.5, 0.6) is 11.5 Å². The Labute approximate surface area is 204 Å². The third-order valence-corrected chi connectivity index (χ3v) is 7.99. The second-order valence-corrected chi connectivity index (χ2v) is 9.95. The summed E-state index contributed by atoms with van der Waals surface area (Å²) in [4.78, 5) is 43.3. The van der Waals surface area contributed by atoms with Crippen LogP contribution < -0.4 is 20.1 Å². The quantitative estimate of drug-likeness (QED) is 0.616. The largest absolute Gasteiger partial charge is 0.493 e. The molecule has 3 heterocycles. The molecular weight excluding hydrogens is 458 g/mol. The van der Waals surface area contributed by atoms with Crippen molar-refractivity contribution in [2.45, 2.75) is 37.0 Å². The van der Waals surface area contributed by atoms with Gasteiger partial charge in [0.05, 0.1) is 43.6 Å². The topological polar surface area (TPSA) is 103 Å². The van der Waals surface area contributed by atoms with E-state index in [4.69, 9.17) is 9.47 Å². The van der Waals surface area contributed by atoms with E-state index < -0.39 is 12.1 Å². The third-order valence-electron chi connectivity index (χ3n) is 6.79. The SMILES string of the molecule is COc1ccc(C2NC(SCC(=O)N3CCCCC3)C3C(=O)N(C)C(=O)N(C)C3N2)cc1OC. The van der Waals surface area contributed by atoms with E-state index in [-0.39, 0.29) is 35.1 Å². The molecule has 34 heavy (non-hydrogen) atoms. The van der Waals surface area contributed by atoms with Gasteiger partial charge in [-0.15, -0.1) is 11.8 Å². The Hall–Kier alpha value is -2.50. The summed E-state index contributed by atoms with van der Waals surface area (Å²) in [5.74, 6) is 0.753. The Kier molecular flexibility index (Phi) is 7.54. The number of hydrogen-bond acceptors (Lipinski definition) is 8. The van der Waals surface area contributed by atoms with Crippen molar-refractivity contribution in [3.8, 4) is 11.5 Å². The fourth-order valence-corrected chi connectivity index (χ4v) is 6.03. The second kappa shape index (κ2) is 10.4. The van der Waals surface area contributed by atoms with Gasteiger partial charge in [0.25, 0.3) is 0 Å². The summed E-state index contributed by atoms with van der Waals surface area (Å²) in [6.45, 7) is 1.58. The van der Waals surface area contributed by atoms with E-state index in [1.807, 2.05) is 23.1 Å². The number of nitrogens with one attached hydrogen (secondary N) is 2. The minimum absolute atomic E-state index is 0.0882. The summed E-state index contributed by atoms with van der Waals surface area (Å²) in [5, 5.41) is 6.54. The Morgan fingerprint density at radius 3 is 2.44 bits per heavy atom. The van der Waals surface area contributed by atoms with Crippen LogP contribution in [0, 0.1) is 5.92 Å². The predicted molar refractivity (Wildman–Crippen MR) is 128 cm³/mol. The number of amides is 4. The maximum absolute atomic E-state index is 13.2. The van der Waals surface area contributed by atoms with Crippen LogP contribution in [-0.2, 0) is 9.59 Å². The maximum Gasteiger partial charge on any atom is 0.327 e. The number of carbonyl (C=O) groups is 3. The molecule has 0 radical (unpaired) electrons. The summed E-state index contributed by atoms with van der Waals surface area (Å²) in [7, 11) is 6.34. The molecule has 4 atom stereocenters. The Balaban J connectivity index is 1.58. The van der Waals surface area contributed by atoms with Gasteiger partial charge in [0.2, 0.25) is 11.8 Å². The first kappa shape index (κ1) is 24.6. The average molecular weight is 492 g/mol. The van der Waals surface area contributed by atoms with E-state index in [1.54, 1.807) is 26.2 Å². The van der Waals surface area contributed by atoms with Gasteiger partial charge >= 0.3 is 6.03 Å². The Morgan fingerprint density at radius 2 is 1.76 bits per heavy atom. The fourth-order valence-electron chi connectivity index (χ4n) is 4.82. The molecule has 10 nitrogen and oxygen atoms in total. The van der Waals surface area contributed by atoms with Crippen molar-refractivity contribution in [3.63, 3.8) is 0 Å². The number of ether oxygens (including phenoxy) is 2. The van der Waals surface area contributed by atoms with E-state index in [9.17, 15) is 14.4 Å². The molecule has 0 spiro atoms. The molecule has 3 aliphatic rings. The van der Waals surface area contributed by atoms with Crippen LogP contribution in [0.15, 0.2) is 18.2 Å². The number of fused-ring (bicyclic) bond motifs is 1. The molecule has 0 aliphatic carbocycles. The van der Waals surface area contributed by atoms with E-state index in [0.29, 0.717) is 11.5 Å². The first-order valence-corrected chi connectivity index (χ1v) is 12.6. The van der Waals surface area contributed by atoms with Crippen molar-refractivity contribution in [2.75, 3.05) is 47.2 Å². The zero-order chi connectivity index (χ0) is 24.4. The van der Waals surface area contributed by atoms with Gasteiger partial charge in [-0.1, -0.05) is 6.07 Å². The monoisotopic (exact) mass is 491 g/mol. The molecule has 0 aromatic heterocycles. The number of hydrogen-bond donors (Lipinski definition) is 2. The van der Waals surface area contributed by atoms with Crippen molar-refractivity contribution >= 4 is 29.6 Å². The minimum atomic E-state index is -0.539. The normalized spacial score (nSPS) is 27.5. The van der Waals surface area contributed by atoms with Crippen LogP contribution >= 0.6 is 11.8 Å². The summed E-state index contributed by atoms with van der Waals surface area (Å²) in [6.07, 6.45) is 2.34. The lowest BCUT2D eigenvalue weighted by atomic mass is 9.96. The third kappa shape index (κ3) is 4.69. The van der Waals surface area contributed by atoms with Crippen molar-refractivity contribution in [1.29, 1.82) is 0 Å². The van der Waals surface area contributed by atoms with Crippen LogP contribution in [0.2, 0.25) is 0 Å². The number of imide groups is 1. The molecule has 4 unspecified atom stereocenters. The maximum atomic E-state index is 13.2. The lowest BCUT2D eigenvalue weighted by Crippen LogP contribution is -2.72. The number of methoxy groups -OCH3 is 2. The van der Waals surface area contributed by atoms with E-state index in [2.05, 4.69) is 10.6 Å². The molecule has 3 aliphatic heterocycles. The molecule has 2 N–H and O–H groups in total. The Bertz CT molecular complexity index is 940. The molecule has 3 fully saturated rings. The molecule has 0 bridgehead atoms. The summed E-state index contributed by atoms with van der Waals surface area (Å²) >= 11 is 1.43. The van der Waals surface area contributed by atoms with Gasteiger partial charge in [-0.25, -0.2) is 4.79 Å². The average Bonchev–Trinajstić information content (AvgIpc) is 2.88. The second-order valence-electron chi connectivity index (χ2n) is 8.82. The summed E-state index contributed by atoms with van der Waals surface area (Å²) in [6, 6.07) is 5.23. The lowest BCUT2D eigenvalue weighted by Gasteiger charge is -2.50. The van der Waals surface area contributed by atoms with Crippen LogP contribution in [-0.4, -0.2) is 91.2 Å². The number of urea groups is 1. The number of thioether (sulfide) groups is 1. The van der Waals surface area contributed by atoms with Crippen molar-refractivity contribution in [1.82, 2.24) is 25.3 Å². The van der Waals surface area contributed by atoms with E-state index >= 15 is 0 Å². The lowest BCUT2D eigenvalue weighted by molar-refractivity contribution is -0.140. The van der Waals surface area contributed by atoms with E-state index in [1.165, 1.54) is 18.8 Å². The van der Waals surface area contributed by atoms with Gasteiger partial charge in [0.1, 0.15) is 0 Å². The first-order valence-electron chi connectivity index (χ1n) is 11.5. The minimum Gasteiger partial charge on any atom is -0.493 e. The molecule has 186 valence electrons. The molecule has 1 aromatic rings. The van der Waals surface area contributed by atoms with E-state index in [0.717, 1.165) is 42.8 Å². The molecule has 3 saturated heterocycles. The van der Waals surface area contributed by atoms with Crippen molar-refractivity contribution < 1.29 is 23.9 Å². The number of carbonyl (C=O) groups excluding carboxylic acids is 3. The van der Waals surface area contributed by atoms with Crippen LogP contribution in [0.4, 0.5) is 4.79 Å². The molecule has 0 saturated carbocycles. The Morgan fingerprint density at radius 1 is 1.06 bits per heavy atom. The summed E-state index contributed by atoms with van der Waals surface area (Å²) in [5.41, 5.74) is 0.872. The number of piperidine rings is 1. The molecule has 4 amide bonds.